The smallest absolute Gasteiger partial charge is 0.270 e. The van der Waals surface area contributed by atoms with Gasteiger partial charge in [0.15, 0.2) is 23.0 Å². The zero-order valence-electron chi connectivity index (χ0n) is 15.0. The molecule has 6 nitrogen and oxygen atoms in total. The van der Waals surface area contributed by atoms with Crippen LogP contribution in [-0.4, -0.2) is 48.4 Å². The number of para-hydroxylation sites is 2. The van der Waals surface area contributed by atoms with Crippen molar-refractivity contribution in [3.05, 3.63) is 58.7 Å². The first-order valence-corrected chi connectivity index (χ1v) is 10.6. The molecule has 11 heteroatoms. The fraction of sp³-hybridized carbons (Fsp3) is 0.278. The van der Waals surface area contributed by atoms with Crippen LogP contribution in [0.25, 0.3) is 11.1 Å². The van der Waals surface area contributed by atoms with Gasteiger partial charge in [0.2, 0.25) is 10.0 Å². The highest BCUT2D eigenvalue weighted by Gasteiger charge is 2.32. The minimum absolute atomic E-state index is 0.0733. The van der Waals surface area contributed by atoms with Gasteiger partial charge in [0, 0.05) is 26.2 Å². The minimum atomic E-state index is -4.28. The maximum Gasteiger partial charge on any atom is 0.270 e. The molecule has 0 N–H and O–H groups in total. The van der Waals surface area contributed by atoms with E-state index in [4.69, 9.17) is 16.6 Å². The lowest BCUT2D eigenvalue weighted by Gasteiger charge is -2.34. The van der Waals surface area contributed by atoms with Crippen molar-refractivity contribution >= 4 is 33.3 Å². The third-order valence-corrected chi connectivity index (χ3v) is 7.08. The lowest BCUT2D eigenvalue weighted by atomic mass is 10.3. The van der Waals surface area contributed by atoms with E-state index < -0.39 is 32.4 Å². The van der Waals surface area contributed by atoms with Crippen LogP contribution in [0.15, 0.2) is 45.7 Å². The van der Waals surface area contributed by atoms with Gasteiger partial charge in [0.1, 0.15) is 4.90 Å². The second kappa shape index (κ2) is 7.56. The standard InChI is InChI=1S/C18H16F3N3O3S2/c19-12-5-6-15(17(21)16(12)20)29(25,26)23-9-7-22(8-10-23)11-24-13-3-1-2-4-14(13)27-18(24)28/h1-6H,7-11H2. The summed E-state index contributed by atoms with van der Waals surface area (Å²) in [6.45, 7) is 1.26. The predicted molar refractivity (Wildman–Crippen MR) is 102 cm³/mol. The number of halogens is 3. The average molecular weight is 443 g/mol. The summed E-state index contributed by atoms with van der Waals surface area (Å²) in [6, 6.07) is 8.74. The van der Waals surface area contributed by atoms with Crippen molar-refractivity contribution in [3.63, 3.8) is 0 Å². The maximum absolute atomic E-state index is 14.0. The number of sulfonamides is 1. The number of benzene rings is 2. The van der Waals surface area contributed by atoms with Crippen LogP contribution in [0.3, 0.4) is 0 Å². The number of fused-ring (bicyclic) bond motifs is 1. The van der Waals surface area contributed by atoms with Crippen molar-refractivity contribution in [1.82, 2.24) is 13.8 Å². The monoisotopic (exact) mass is 443 g/mol. The van der Waals surface area contributed by atoms with Gasteiger partial charge in [-0.15, -0.1) is 0 Å². The van der Waals surface area contributed by atoms with E-state index in [2.05, 4.69) is 0 Å². The molecule has 0 saturated carbocycles. The van der Waals surface area contributed by atoms with Crippen molar-refractivity contribution in [2.75, 3.05) is 26.2 Å². The lowest BCUT2D eigenvalue weighted by Crippen LogP contribution is -2.49. The Balaban J connectivity index is 1.50. The maximum atomic E-state index is 14.0. The molecule has 1 aromatic heterocycles. The second-order valence-corrected chi connectivity index (χ2v) is 8.86. The summed E-state index contributed by atoms with van der Waals surface area (Å²) in [7, 11) is -4.28. The summed E-state index contributed by atoms with van der Waals surface area (Å²) >= 11 is 5.26. The van der Waals surface area contributed by atoms with Crippen LogP contribution in [0.1, 0.15) is 0 Å². The SMILES string of the molecule is O=S(=O)(c1ccc(F)c(F)c1F)N1CCN(Cn2c(=S)oc3ccccc32)CC1. The van der Waals surface area contributed by atoms with Gasteiger partial charge in [-0.3, -0.25) is 9.47 Å². The summed E-state index contributed by atoms with van der Waals surface area (Å²) in [5.74, 6) is -4.94. The van der Waals surface area contributed by atoms with Gasteiger partial charge in [-0.2, -0.15) is 4.31 Å². The zero-order valence-corrected chi connectivity index (χ0v) is 16.6. The van der Waals surface area contributed by atoms with Crippen molar-refractivity contribution in [2.24, 2.45) is 0 Å². The fourth-order valence-corrected chi connectivity index (χ4v) is 5.03. The van der Waals surface area contributed by atoms with Crippen LogP contribution in [0.2, 0.25) is 0 Å². The first kappa shape index (κ1) is 20.1. The van der Waals surface area contributed by atoms with Gasteiger partial charge in [0.25, 0.3) is 4.84 Å². The summed E-state index contributed by atoms with van der Waals surface area (Å²) in [4.78, 5) is 1.42. The third-order valence-electron chi connectivity index (χ3n) is 4.86. The largest absolute Gasteiger partial charge is 0.429 e. The summed E-state index contributed by atoms with van der Waals surface area (Å²) in [5.41, 5.74) is 1.49. The molecule has 29 heavy (non-hydrogen) atoms. The molecule has 1 fully saturated rings. The van der Waals surface area contributed by atoms with Gasteiger partial charge >= 0.3 is 0 Å². The highest BCUT2D eigenvalue weighted by Crippen LogP contribution is 2.24. The van der Waals surface area contributed by atoms with E-state index in [-0.39, 0.29) is 13.1 Å². The molecule has 1 aliphatic rings. The fourth-order valence-electron chi connectivity index (χ4n) is 3.31. The van der Waals surface area contributed by atoms with Gasteiger partial charge in [-0.25, -0.2) is 21.6 Å². The van der Waals surface area contributed by atoms with Crippen LogP contribution in [0, 0.1) is 22.3 Å². The Morgan fingerprint density at radius 3 is 2.38 bits per heavy atom. The van der Waals surface area contributed by atoms with Crippen LogP contribution in [0.4, 0.5) is 13.2 Å². The van der Waals surface area contributed by atoms with E-state index in [1.54, 1.807) is 0 Å². The van der Waals surface area contributed by atoms with E-state index in [1.165, 1.54) is 0 Å². The molecule has 2 aromatic carbocycles. The van der Waals surface area contributed by atoms with Crippen molar-refractivity contribution < 1.29 is 26.0 Å². The van der Waals surface area contributed by atoms with E-state index in [9.17, 15) is 21.6 Å². The highest BCUT2D eigenvalue weighted by molar-refractivity contribution is 7.89. The molecule has 2 heterocycles. The Kier molecular flexibility index (Phi) is 5.23. The van der Waals surface area contributed by atoms with Crippen LogP contribution in [0.5, 0.6) is 0 Å². The topological polar surface area (TPSA) is 58.7 Å². The molecule has 0 atom stereocenters. The molecule has 0 spiro atoms. The molecule has 0 bridgehead atoms. The zero-order chi connectivity index (χ0) is 20.8. The van der Waals surface area contributed by atoms with Gasteiger partial charge in [0.05, 0.1) is 12.2 Å². The van der Waals surface area contributed by atoms with E-state index in [0.717, 1.165) is 15.9 Å². The number of rotatable bonds is 4. The average Bonchev–Trinajstić information content (AvgIpc) is 3.02. The molecular weight excluding hydrogens is 427 g/mol. The number of hydrogen-bond acceptors (Lipinski definition) is 5. The van der Waals surface area contributed by atoms with Gasteiger partial charge < -0.3 is 4.42 Å². The Labute approximate surface area is 169 Å². The van der Waals surface area contributed by atoms with Crippen LogP contribution in [-0.2, 0) is 16.7 Å². The number of nitrogens with zero attached hydrogens (tertiary/aromatic N) is 3. The highest BCUT2D eigenvalue weighted by atomic mass is 32.2. The summed E-state index contributed by atoms with van der Waals surface area (Å²) < 4.78 is 74.3. The van der Waals surface area contributed by atoms with Crippen LogP contribution < -0.4 is 0 Å². The summed E-state index contributed by atoms with van der Waals surface area (Å²) in [6.07, 6.45) is 0. The molecule has 4 rings (SSSR count). The molecule has 154 valence electrons. The molecule has 1 aliphatic heterocycles. The normalized spacial score (nSPS) is 16.5. The Morgan fingerprint density at radius 1 is 0.966 bits per heavy atom. The molecule has 0 radical (unpaired) electrons. The quantitative estimate of drug-likeness (QED) is 0.457. The Morgan fingerprint density at radius 2 is 1.66 bits per heavy atom. The van der Waals surface area contributed by atoms with Crippen molar-refractivity contribution in [1.29, 1.82) is 0 Å². The van der Waals surface area contributed by atoms with Crippen LogP contribution >= 0.6 is 12.2 Å². The number of hydrogen-bond donors (Lipinski definition) is 0. The molecule has 3 aromatic rings. The van der Waals surface area contributed by atoms with E-state index in [0.29, 0.717) is 36.2 Å². The van der Waals surface area contributed by atoms with Crippen molar-refractivity contribution in [2.45, 2.75) is 11.6 Å². The van der Waals surface area contributed by atoms with Gasteiger partial charge in [-0.1, -0.05) is 12.1 Å². The molecule has 0 aliphatic carbocycles. The lowest BCUT2D eigenvalue weighted by molar-refractivity contribution is 0.151. The number of aromatic nitrogens is 1. The first-order chi connectivity index (χ1) is 13.8. The second-order valence-electron chi connectivity index (χ2n) is 6.60. The van der Waals surface area contributed by atoms with Gasteiger partial charge in [-0.05, 0) is 36.5 Å². The minimum Gasteiger partial charge on any atom is -0.429 e. The number of piperazine rings is 1. The summed E-state index contributed by atoms with van der Waals surface area (Å²) in [5, 5.41) is 0. The molecule has 0 unspecified atom stereocenters. The third kappa shape index (κ3) is 3.59. The molecule has 1 saturated heterocycles. The molecular formula is C18H16F3N3O3S2. The van der Waals surface area contributed by atoms with E-state index >= 15 is 0 Å². The Bertz CT molecular complexity index is 1230. The van der Waals surface area contributed by atoms with E-state index in [1.807, 2.05) is 33.7 Å². The first-order valence-electron chi connectivity index (χ1n) is 8.73. The Hall–Kier alpha value is -2.21. The predicted octanol–water partition coefficient (Wildman–Crippen LogP) is 3.35. The molecule has 0 amide bonds. The van der Waals surface area contributed by atoms with Crippen molar-refractivity contribution in [3.8, 4) is 0 Å². The number of oxazole rings is 1.